The van der Waals surface area contributed by atoms with Crippen LogP contribution in [0.3, 0.4) is 0 Å². The monoisotopic (exact) mass is 367 g/mol. The van der Waals surface area contributed by atoms with E-state index in [0.29, 0.717) is 34.1 Å². The first kappa shape index (κ1) is 17.7. The first-order valence-electron chi connectivity index (χ1n) is 8.12. The van der Waals surface area contributed by atoms with Gasteiger partial charge in [0.15, 0.2) is 5.82 Å². The summed E-state index contributed by atoms with van der Waals surface area (Å²) in [6.07, 6.45) is 3.48. The van der Waals surface area contributed by atoms with Gasteiger partial charge >= 0.3 is 0 Å². The summed E-state index contributed by atoms with van der Waals surface area (Å²) in [4.78, 5) is 4.51. The van der Waals surface area contributed by atoms with Gasteiger partial charge in [0.25, 0.3) is 5.89 Å². The molecule has 1 N–H and O–H groups in total. The summed E-state index contributed by atoms with van der Waals surface area (Å²) in [7, 11) is 0. The third-order valence-corrected chi connectivity index (χ3v) is 5.71. The smallest absolute Gasteiger partial charge is 0.257 e. The number of nitrogens with zero attached hydrogens (tertiary/aromatic N) is 2. The van der Waals surface area contributed by atoms with Crippen molar-refractivity contribution in [2.45, 2.75) is 43.7 Å². The van der Waals surface area contributed by atoms with E-state index in [4.69, 9.17) is 20.9 Å². The topological polar surface area (TPSA) is 60.2 Å². The van der Waals surface area contributed by atoms with Crippen molar-refractivity contribution < 1.29 is 9.26 Å². The first-order chi connectivity index (χ1) is 11.6. The highest BCUT2D eigenvalue weighted by Crippen LogP contribution is 2.34. The van der Waals surface area contributed by atoms with Crippen molar-refractivity contribution in [3.63, 3.8) is 0 Å². The second kappa shape index (κ2) is 7.87. The largest absolute Gasteiger partial charge is 0.377 e. The van der Waals surface area contributed by atoms with Gasteiger partial charge in [-0.3, -0.25) is 0 Å². The lowest BCUT2D eigenvalue weighted by Gasteiger charge is -2.44. The molecular weight excluding hydrogens is 346 g/mol. The molecule has 1 aromatic carbocycles. The Balaban J connectivity index is 1.62. The summed E-state index contributed by atoms with van der Waals surface area (Å²) >= 11 is 7.75. The van der Waals surface area contributed by atoms with Crippen LogP contribution in [0, 0.1) is 0 Å². The van der Waals surface area contributed by atoms with Crippen LogP contribution in [0.25, 0.3) is 11.5 Å². The van der Waals surface area contributed by atoms with Crippen LogP contribution in [0.5, 0.6) is 0 Å². The summed E-state index contributed by atoms with van der Waals surface area (Å²) in [5, 5.41) is 8.86. The maximum Gasteiger partial charge on any atom is 0.257 e. The molecule has 0 unspecified atom stereocenters. The van der Waals surface area contributed by atoms with E-state index in [0.717, 1.165) is 18.6 Å². The third kappa shape index (κ3) is 3.77. The highest BCUT2D eigenvalue weighted by molar-refractivity contribution is 7.99. The summed E-state index contributed by atoms with van der Waals surface area (Å²) < 4.78 is 11.1. The Bertz CT molecular complexity index is 664. The molecule has 0 aliphatic heterocycles. The fourth-order valence-corrected chi connectivity index (χ4v) is 4.09. The van der Waals surface area contributed by atoms with Crippen LogP contribution in [0.15, 0.2) is 28.8 Å². The molecule has 1 saturated carbocycles. The molecule has 24 heavy (non-hydrogen) atoms. The second-order valence-electron chi connectivity index (χ2n) is 5.89. The van der Waals surface area contributed by atoms with Crippen LogP contribution in [0.1, 0.15) is 32.1 Å². The Morgan fingerprint density at radius 1 is 1.42 bits per heavy atom. The number of aromatic nitrogens is 2. The van der Waals surface area contributed by atoms with Gasteiger partial charge in [0.2, 0.25) is 0 Å². The van der Waals surface area contributed by atoms with Crippen LogP contribution in [0.2, 0.25) is 5.02 Å². The number of benzene rings is 1. The number of rotatable bonds is 7. The molecule has 1 aliphatic carbocycles. The van der Waals surface area contributed by atoms with Crippen molar-refractivity contribution in [3.8, 4) is 11.5 Å². The molecule has 1 aromatic heterocycles. The number of nitrogens with one attached hydrogen (secondary N) is 1. The highest BCUT2D eigenvalue weighted by atomic mass is 35.5. The minimum atomic E-state index is 0.0250. The third-order valence-electron chi connectivity index (χ3n) is 4.29. The maximum atomic E-state index is 5.91. The van der Waals surface area contributed by atoms with E-state index in [1.807, 2.05) is 43.0 Å². The lowest BCUT2D eigenvalue weighted by atomic mass is 9.87. The van der Waals surface area contributed by atoms with Gasteiger partial charge in [-0.2, -0.15) is 16.7 Å². The summed E-state index contributed by atoms with van der Waals surface area (Å²) in [5.41, 5.74) is 0.868. The van der Waals surface area contributed by atoms with Crippen LogP contribution in [-0.4, -0.2) is 40.4 Å². The predicted molar refractivity (Wildman–Crippen MR) is 97.4 cm³/mol. The van der Waals surface area contributed by atoms with E-state index in [9.17, 15) is 0 Å². The number of hydrogen-bond acceptors (Lipinski definition) is 6. The molecule has 0 amide bonds. The van der Waals surface area contributed by atoms with Crippen molar-refractivity contribution in [1.29, 1.82) is 0 Å². The molecule has 4 atom stereocenters. The van der Waals surface area contributed by atoms with E-state index < -0.39 is 0 Å². The molecule has 1 fully saturated rings. The maximum absolute atomic E-state index is 5.91. The molecule has 0 bridgehead atoms. The van der Waals surface area contributed by atoms with Crippen LogP contribution in [0.4, 0.5) is 0 Å². The van der Waals surface area contributed by atoms with Crippen LogP contribution in [-0.2, 0) is 4.74 Å². The molecule has 3 rings (SSSR count). The van der Waals surface area contributed by atoms with Gasteiger partial charge in [0.1, 0.15) is 0 Å². The minimum Gasteiger partial charge on any atom is -0.377 e. The van der Waals surface area contributed by atoms with Crippen LogP contribution >= 0.6 is 23.4 Å². The Labute approximate surface area is 151 Å². The number of hydrogen-bond donors (Lipinski definition) is 1. The average molecular weight is 368 g/mol. The predicted octanol–water partition coefficient (Wildman–Crippen LogP) is 3.95. The molecule has 1 aliphatic rings. The fourth-order valence-electron chi connectivity index (χ4n) is 2.95. The Kier molecular flexibility index (Phi) is 5.81. The van der Waals surface area contributed by atoms with Crippen molar-refractivity contribution in [1.82, 2.24) is 15.5 Å². The fraction of sp³-hybridized carbons (Fsp3) is 0.529. The van der Waals surface area contributed by atoms with Gasteiger partial charge < -0.3 is 14.6 Å². The standard InChI is InChI=1S/C17H22ClN3O2S/c1-4-22-14-9-13(15(14)24-3)19-10(2)16-20-17(23-21-16)11-5-7-12(18)8-6-11/h5-8,10,13-15,19H,4,9H2,1-3H3/t10-,13-,14+,15-/m0/s1. The molecule has 0 radical (unpaired) electrons. The zero-order valence-corrected chi connectivity index (χ0v) is 15.6. The number of ether oxygens (including phenoxy) is 1. The SMILES string of the molecule is CCO[C@@H]1C[C@H](N[C@@H](C)c2noc(-c3ccc(Cl)cc3)n2)[C@@H]1SC. The van der Waals surface area contributed by atoms with Gasteiger partial charge in [-0.05, 0) is 50.8 Å². The number of halogens is 1. The van der Waals surface area contributed by atoms with Gasteiger partial charge in [-0.1, -0.05) is 16.8 Å². The molecular formula is C17H22ClN3O2S. The Morgan fingerprint density at radius 3 is 2.83 bits per heavy atom. The van der Waals surface area contributed by atoms with Crippen molar-refractivity contribution in [2.24, 2.45) is 0 Å². The molecule has 5 nitrogen and oxygen atoms in total. The quantitative estimate of drug-likeness (QED) is 0.799. The first-order valence-corrected chi connectivity index (χ1v) is 9.79. The normalized spacial score (nSPS) is 24.6. The summed E-state index contributed by atoms with van der Waals surface area (Å²) in [6, 6.07) is 7.81. The summed E-state index contributed by atoms with van der Waals surface area (Å²) in [6.45, 7) is 4.86. The van der Waals surface area contributed by atoms with Crippen molar-refractivity contribution in [3.05, 3.63) is 35.1 Å². The van der Waals surface area contributed by atoms with Crippen LogP contribution < -0.4 is 5.32 Å². The van der Waals surface area contributed by atoms with E-state index in [1.165, 1.54) is 0 Å². The van der Waals surface area contributed by atoms with Gasteiger partial charge in [-0.15, -0.1) is 0 Å². The summed E-state index contributed by atoms with van der Waals surface area (Å²) in [5.74, 6) is 1.18. The zero-order chi connectivity index (χ0) is 17.1. The van der Waals surface area contributed by atoms with Gasteiger partial charge in [0.05, 0.1) is 12.1 Å². The average Bonchev–Trinajstić information content (AvgIpc) is 3.04. The van der Waals surface area contributed by atoms with Crippen molar-refractivity contribution in [2.75, 3.05) is 12.9 Å². The van der Waals surface area contributed by atoms with E-state index in [-0.39, 0.29) is 6.04 Å². The highest BCUT2D eigenvalue weighted by Gasteiger charge is 2.42. The molecule has 2 aromatic rings. The lowest BCUT2D eigenvalue weighted by molar-refractivity contribution is -0.00530. The second-order valence-corrected chi connectivity index (χ2v) is 7.34. The molecule has 1 heterocycles. The molecule has 130 valence electrons. The Hall–Kier alpha value is -1.08. The van der Waals surface area contributed by atoms with Gasteiger partial charge in [-0.25, -0.2) is 0 Å². The lowest BCUT2D eigenvalue weighted by Crippen LogP contribution is -2.57. The molecule has 0 saturated heterocycles. The van der Waals surface area contributed by atoms with Crippen molar-refractivity contribution >= 4 is 23.4 Å². The Morgan fingerprint density at radius 2 is 2.17 bits per heavy atom. The number of thioether (sulfide) groups is 1. The van der Waals surface area contributed by atoms with E-state index in [2.05, 4.69) is 28.6 Å². The van der Waals surface area contributed by atoms with Gasteiger partial charge in [0, 0.05) is 28.5 Å². The zero-order valence-electron chi connectivity index (χ0n) is 14.0. The molecule has 0 spiro atoms. The van der Waals surface area contributed by atoms with E-state index >= 15 is 0 Å². The molecule has 7 heteroatoms. The van der Waals surface area contributed by atoms with E-state index in [1.54, 1.807) is 0 Å². The minimum absolute atomic E-state index is 0.0250.